The minimum atomic E-state index is 0.461. The van der Waals surface area contributed by atoms with E-state index in [0.717, 1.165) is 12.5 Å². The third kappa shape index (κ3) is 2.49. The molecule has 0 radical (unpaired) electrons. The number of hydrogen-bond donors (Lipinski definition) is 1. The number of fused-ring (bicyclic) bond motifs is 1. The highest BCUT2D eigenvalue weighted by Gasteiger charge is 2.29. The first-order valence-electron chi connectivity index (χ1n) is 6.25. The average molecular weight is 237 g/mol. The Morgan fingerprint density at radius 3 is 2.81 bits per heavy atom. The first kappa shape index (κ1) is 12.1. The molecular weight excluding hydrogens is 214 g/mol. The van der Waals surface area contributed by atoms with Gasteiger partial charge in [-0.05, 0) is 49.3 Å². The molecule has 0 aromatic carbocycles. The SMILES string of the molecule is CNCc1cc2c(s1)CCC(C(C)(C)C)C2. The lowest BCUT2D eigenvalue weighted by atomic mass is 9.72. The molecule has 0 saturated heterocycles. The fourth-order valence-corrected chi connectivity index (χ4v) is 3.81. The van der Waals surface area contributed by atoms with Gasteiger partial charge in [0, 0.05) is 16.3 Å². The molecule has 0 spiro atoms. The molecule has 90 valence electrons. The predicted molar refractivity (Wildman–Crippen MR) is 72.1 cm³/mol. The van der Waals surface area contributed by atoms with Gasteiger partial charge in [-0.1, -0.05) is 20.8 Å². The molecule has 1 aromatic heterocycles. The molecule has 1 atom stereocenters. The molecule has 2 heteroatoms. The topological polar surface area (TPSA) is 12.0 Å². The maximum atomic E-state index is 3.24. The van der Waals surface area contributed by atoms with E-state index in [0.29, 0.717) is 5.41 Å². The molecule has 0 saturated carbocycles. The molecule has 0 aliphatic heterocycles. The van der Waals surface area contributed by atoms with Crippen LogP contribution in [0.5, 0.6) is 0 Å². The second-order valence-electron chi connectivity index (χ2n) is 6.00. The van der Waals surface area contributed by atoms with Crippen molar-refractivity contribution < 1.29 is 0 Å². The monoisotopic (exact) mass is 237 g/mol. The number of nitrogens with one attached hydrogen (secondary N) is 1. The van der Waals surface area contributed by atoms with Crippen LogP contribution in [0.15, 0.2) is 6.07 Å². The number of thiophene rings is 1. The molecule has 0 bridgehead atoms. The van der Waals surface area contributed by atoms with Gasteiger partial charge < -0.3 is 5.32 Å². The highest BCUT2D eigenvalue weighted by molar-refractivity contribution is 7.12. The van der Waals surface area contributed by atoms with E-state index in [2.05, 4.69) is 32.2 Å². The van der Waals surface area contributed by atoms with Crippen LogP contribution in [-0.2, 0) is 19.4 Å². The molecular formula is C14H23NS. The Hall–Kier alpha value is -0.340. The van der Waals surface area contributed by atoms with Crippen LogP contribution in [0.25, 0.3) is 0 Å². The Bertz CT molecular complexity index is 359. The summed E-state index contributed by atoms with van der Waals surface area (Å²) in [6.07, 6.45) is 3.96. The Balaban J connectivity index is 2.14. The van der Waals surface area contributed by atoms with Gasteiger partial charge in [0.1, 0.15) is 0 Å². The average Bonchev–Trinajstić information content (AvgIpc) is 2.57. The first-order chi connectivity index (χ1) is 7.50. The van der Waals surface area contributed by atoms with Gasteiger partial charge in [0.25, 0.3) is 0 Å². The van der Waals surface area contributed by atoms with Gasteiger partial charge in [0.15, 0.2) is 0 Å². The lowest BCUT2D eigenvalue weighted by molar-refractivity contribution is 0.217. The molecule has 1 N–H and O–H groups in total. The highest BCUT2D eigenvalue weighted by Crippen LogP contribution is 2.39. The van der Waals surface area contributed by atoms with Gasteiger partial charge in [-0.3, -0.25) is 0 Å². The van der Waals surface area contributed by atoms with E-state index >= 15 is 0 Å². The quantitative estimate of drug-likeness (QED) is 0.828. The van der Waals surface area contributed by atoms with Gasteiger partial charge in [0.2, 0.25) is 0 Å². The Labute approximate surface area is 103 Å². The minimum Gasteiger partial charge on any atom is -0.315 e. The Morgan fingerprint density at radius 1 is 1.44 bits per heavy atom. The van der Waals surface area contributed by atoms with Crippen LogP contribution in [0.4, 0.5) is 0 Å². The van der Waals surface area contributed by atoms with E-state index in [9.17, 15) is 0 Å². The van der Waals surface area contributed by atoms with Crippen LogP contribution in [0.2, 0.25) is 0 Å². The summed E-state index contributed by atoms with van der Waals surface area (Å²) in [7, 11) is 2.02. The molecule has 1 aliphatic carbocycles. The zero-order valence-corrected chi connectivity index (χ0v) is 11.7. The summed E-state index contributed by atoms with van der Waals surface area (Å²) < 4.78 is 0. The van der Waals surface area contributed by atoms with Crippen molar-refractivity contribution in [1.29, 1.82) is 0 Å². The van der Waals surface area contributed by atoms with Crippen molar-refractivity contribution in [2.24, 2.45) is 11.3 Å². The van der Waals surface area contributed by atoms with Crippen LogP contribution in [-0.4, -0.2) is 7.05 Å². The Kier molecular flexibility index (Phi) is 3.41. The molecule has 1 aliphatic rings. The van der Waals surface area contributed by atoms with E-state index in [1.165, 1.54) is 24.1 Å². The Morgan fingerprint density at radius 2 is 2.19 bits per heavy atom. The summed E-state index contributed by atoms with van der Waals surface area (Å²) in [5.41, 5.74) is 2.09. The van der Waals surface area contributed by atoms with Gasteiger partial charge in [-0.2, -0.15) is 0 Å². The van der Waals surface area contributed by atoms with Gasteiger partial charge in [0.05, 0.1) is 0 Å². The summed E-state index contributed by atoms with van der Waals surface area (Å²) in [4.78, 5) is 3.15. The molecule has 0 amide bonds. The van der Waals surface area contributed by atoms with Crippen LogP contribution in [0.1, 0.15) is 42.5 Å². The summed E-state index contributed by atoms with van der Waals surface area (Å²) >= 11 is 2.01. The van der Waals surface area contributed by atoms with E-state index in [1.807, 2.05) is 18.4 Å². The fraction of sp³-hybridized carbons (Fsp3) is 0.714. The maximum Gasteiger partial charge on any atom is 0.0296 e. The molecule has 2 rings (SSSR count). The predicted octanol–water partition coefficient (Wildman–Crippen LogP) is 3.62. The van der Waals surface area contributed by atoms with E-state index in [-0.39, 0.29) is 0 Å². The lowest BCUT2D eigenvalue weighted by Crippen LogP contribution is -2.26. The summed E-state index contributed by atoms with van der Waals surface area (Å²) in [6.45, 7) is 8.16. The van der Waals surface area contributed by atoms with Gasteiger partial charge in [-0.25, -0.2) is 0 Å². The smallest absolute Gasteiger partial charge is 0.0296 e. The standard InChI is InChI=1S/C14H23NS/c1-14(2,3)11-5-6-13-10(7-11)8-12(16-13)9-15-4/h8,11,15H,5-7,9H2,1-4H3. The third-order valence-electron chi connectivity index (χ3n) is 3.71. The highest BCUT2D eigenvalue weighted by atomic mass is 32.1. The second kappa shape index (κ2) is 4.50. The minimum absolute atomic E-state index is 0.461. The van der Waals surface area contributed by atoms with Gasteiger partial charge in [-0.15, -0.1) is 11.3 Å². The third-order valence-corrected chi connectivity index (χ3v) is 4.95. The van der Waals surface area contributed by atoms with Crippen molar-refractivity contribution >= 4 is 11.3 Å². The van der Waals surface area contributed by atoms with E-state index in [4.69, 9.17) is 0 Å². The van der Waals surface area contributed by atoms with Crippen molar-refractivity contribution in [2.75, 3.05) is 7.05 Å². The van der Waals surface area contributed by atoms with Crippen LogP contribution in [0.3, 0.4) is 0 Å². The first-order valence-corrected chi connectivity index (χ1v) is 7.07. The largest absolute Gasteiger partial charge is 0.315 e. The van der Waals surface area contributed by atoms with Crippen LogP contribution < -0.4 is 5.32 Å². The molecule has 0 fully saturated rings. The fourth-order valence-electron chi connectivity index (χ4n) is 2.59. The molecule has 1 aromatic rings. The summed E-state index contributed by atoms with van der Waals surface area (Å²) in [5, 5.41) is 3.24. The molecule has 1 heterocycles. The zero-order chi connectivity index (χ0) is 11.8. The van der Waals surface area contributed by atoms with Crippen molar-refractivity contribution in [2.45, 2.75) is 46.6 Å². The summed E-state index contributed by atoms with van der Waals surface area (Å²) in [5.74, 6) is 0.858. The molecule has 1 nitrogen and oxygen atoms in total. The summed E-state index contributed by atoms with van der Waals surface area (Å²) in [6, 6.07) is 2.42. The second-order valence-corrected chi connectivity index (χ2v) is 7.22. The van der Waals surface area contributed by atoms with Crippen molar-refractivity contribution in [3.63, 3.8) is 0 Å². The van der Waals surface area contributed by atoms with Crippen molar-refractivity contribution in [1.82, 2.24) is 5.32 Å². The zero-order valence-electron chi connectivity index (χ0n) is 10.9. The maximum absolute atomic E-state index is 3.24. The normalized spacial score (nSPS) is 20.9. The number of aryl methyl sites for hydroxylation is 1. The van der Waals surface area contributed by atoms with Crippen molar-refractivity contribution in [3.8, 4) is 0 Å². The lowest BCUT2D eigenvalue weighted by Gasteiger charge is -2.33. The van der Waals surface area contributed by atoms with Crippen LogP contribution in [0, 0.1) is 11.3 Å². The van der Waals surface area contributed by atoms with E-state index in [1.54, 1.807) is 10.4 Å². The molecule has 16 heavy (non-hydrogen) atoms. The number of hydrogen-bond acceptors (Lipinski definition) is 2. The molecule has 1 unspecified atom stereocenters. The van der Waals surface area contributed by atoms with Crippen molar-refractivity contribution in [3.05, 3.63) is 21.4 Å². The van der Waals surface area contributed by atoms with Gasteiger partial charge >= 0.3 is 0 Å². The number of rotatable bonds is 2. The van der Waals surface area contributed by atoms with Crippen LogP contribution >= 0.6 is 11.3 Å². The van der Waals surface area contributed by atoms with E-state index < -0.39 is 0 Å².